The van der Waals surface area contributed by atoms with Gasteiger partial charge in [-0.15, -0.1) is 0 Å². The van der Waals surface area contributed by atoms with Gasteiger partial charge in [0.15, 0.2) is 5.69 Å². The quantitative estimate of drug-likeness (QED) is 0.913. The van der Waals surface area contributed by atoms with E-state index in [9.17, 15) is 4.39 Å². The van der Waals surface area contributed by atoms with Crippen molar-refractivity contribution in [2.75, 3.05) is 11.9 Å². The summed E-state index contributed by atoms with van der Waals surface area (Å²) >= 11 is 0. The van der Waals surface area contributed by atoms with Crippen LogP contribution in [0.2, 0.25) is 0 Å². The van der Waals surface area contributed by atoms with Gasteiger partial charge in [-0.25, -0.2) is 9.37 Å². The van der Waals surface area contributed by atoms with E-state index in [2.05, 4.69) is 10.3 Å². The fraction of sp³-hybridized carbons (Fsp3) is 0.200. The lowest BCUT2D eigenvalue weighted by atomic mass is 10.1. The van der Waals surface area contributed by atoms with Crippen molar-refractivity contribution < 1.29 is 4.39 Å². The number of rotatable bonds is 4. The Morgan fingerprint density at radius 2 is 2.21 bits per heavy atom. The van der Waals surface area contributed by atoms with E-state index < -0.39 is 0 Å². The van der Waals surface area contributed by atoms with Crippen molar-refractivity contribution in [2.45, 2.75) is 13.3 Å². The summed E-state index contributed by atoms with van der Waals surface area (Å²) in [6.45, 7) is 2.57. The van der Waals surface area contributed by atoms with E-state index in [1.54, 1.807) is 18.3 Å². The van der Waals surface area contributed by atoms with Gasteiger partial charge in [0.05, 0.1) is 5.69 Å². The molecule has 0 aliphatic carbocycles. The van der Waals surface area contributed by atoms with Gasteiger partial charge in [0.1, 0.15) is 11.9 Å². The normalized spacial score (nSPS) is 9.95. The van der Waals surface area contributed by atoms with Crippen LogP contribution in [0.25, 0.3) is 0 Å². The van der Waals surface area contributed by atoms with Crippen LogP contribution in [0.3, 0.4) is 0 Å². The summed E-state index contributed by atoms with van der Waals surface area (Å²) in [4.78, 5) is 3.98. The molecule has 0 aliphatic heterocycles. The van der Waals surface area contributed by atoms with Crippen molar-refractivity contribution in [2.24, 2.45) is 0 Å². The molecular formula is C15H14FN3. The molecule has 19 heavy (non-hydrogen) atoms. The smallest absolute Gasteiger partial charge is 0.163 e. The molecule has 96 valence electrons. The Morgan fingerprint density at radius 1 is 1.37 bits per heavy atom. The first-order valence-corrected chi connectivity index (χ1v) is 6.04. The highest BCUT2D eigenvalue weighted by atomic mass is 19.1. The lowest BCUT2D eigenvalue weighted by molar-refractivity contribution is 0.625. The molecule has 0 unspecified atom stereocenters. The summed E-state index contributed by atoms with van der Waals surface area (Å²) in [5.74, 6) is -0.215. The molecule has 0 saturated heterocycles. The predicted octanol–water partition coefficient (Wildman–Crippen LogP) is 3.06. The van der Waals surface area contributed by atoms with Crippen molar-refractivity contribution in [1.29, 1.82) is 5.26 Å². The molecule has 0 aliphatic rings. The van der Waals surface area contributed by atoms with Gasteiger partial charge in [-0.2, -0.15) is 5.26 Å². The second kappa shape index (κ2) is 5.96. The molecule has 1 N–H and O–H groups in total. The highest BCUT2D eigenvalue weighted by molar-refractivity contribution is 5.53. The molecule has 4 heteroatoms. The maximum atomic E-state index is 13.0. The van der Waals surface area contributed by atoms with E-state index in [-0.39, 0.29) is 5.82 Å². The second-order valence-electron chi connectivity index (χ2n) is 4.26. The van der Waals surface area contributed by atoms with Crippen molar-refractivity contribution >= 4 is 5.69 Å². The Labute approximate surface area is 111 Å². The largest absolute Gasteiger partial charge is 0.382 e. The maximum Gasteiger partial charge on any atom is 0.163 e. The van der Waals surface area contributed by atoms with Crippen LogP contribution in [0.15, 0.2) is 36.5 Å². The molecule has 0 atom stereocenters. The van der Waals surface area contributed by atoms with E-state index >= 15 is 0 Å². The summed E-state index contributed by atoms with van der Waals surface area (Å²) in [6.07, 6.45) is 2.36. The lowest BCUT2D eigenvalue weighted by Crippen LogP contribution is -2.07. The number of nitriles is 1. The Morgan fingerprint density at radius 3 is 2.95 bits per heavy atom. The number of hydrogen-bond donors (Lipinski definition) is 1. The van der Waals surface area contributed by atoms with Gasteiger partial charge in [-0.3, -0.25) is 0 Å². The van der Waals surface area contributed by atoms with E-state index in [0.717, 1.165) is 23.2 Å². The number of pyridine rings is 1. The second-order valence-corrected chi connectivity index (χ2v) is 4.26. The van der Waals surface area contributed by atoms with Crippen LogP contribution in [0.4, 0.5) is 10.1 Å². The minimum atomic E-state index is -0.215. The van der Waals surface area contributed by atoms with Crippen molar-refractivity contribution in [1.82, 2.24) is 4.98 Å². The highest BCUT2D eigenvalue weighted by Gasteiger charge is 2.03. The fourth-order valence-electron chi connectivity index (χ4n) is 1.91. The zero-order valence-electron chi connectivity index (χ0n) is 10.7. The first-order chi connectivity index (χ1) is 9.20. The highest BCUT2D eigenvalue weighted by Crippen LogP contribution is 2.13. The van der Waals surface area contributed by atoms with Crippen molar-refractivity contribution in [3.05, 3.63) is 59.2 Å². The number of halogens is 1. The topological polar surface area (TPSA) is 48.7 Å². The predicted molar refractivity (Wildman–Crippen MR) is 72.3 cm³/mol. The van der Waals surface area contributed by atoms with Crippen LogP contribution in [0, 0.1) is 24.1 Å². The standard InChI is InChI=1S/C15H14FN3/c1-11-9-13(16)5-4-12(11)6-8-19-14-3-2-7-18-15(14)10-17/h2-5,7,9,19H,6,8H2,1H3. The summed E-state index contributed by atoms with van der Waals surface area (Å²) in [7, 11) is 0. The number of hydrogen-bond acceptors (Lipinski definition) is 3. The summed E-state index contributed by atoms with van der Waals surface area (Å²) in [5, 5.41) is 12.1. The third-order valence-electron chi connectivity index (χ3n) is 2.93. The zero-order valence-corrected chi connectivity index (χ0v) is 10.7. The number of anilines is 1. The van der Waals surface area contributed by atoms with Gasteiger partial charge >= 0.3 is 0 Å². The lowest BCUT2D eigenvalue weighted by Gasteiger charge is -2.09. The molecule has 3 nitrogen and oxygen atoms in total. The molecule has 0 radical (unpaired) electrons. The minimum absolute atomic E-state index is 0.215. The number of nitrogens with zero attached hydrogens (tertiary/aromatic N) is 2. The molecule has 0 saturated carbocycles. The van der Waals surface area contributed by atoms with Crippen LogP contribution in [0.5, 0.6) is 0 Å². The molecule has 1 aromatic carbocycles. The van der Waals surface area contributed by atoms with E-state index in [0.29, 0.717) is 12.2 Å². The average molecular weight is 255 g/mol. The monoisotopic (exact) mass is 255 g/mol. The minimum Gasteiger partial charge on any atom is -0.382 e. The van der Waals surface area contributed by atoms with Crippen molar-refractivity contribution in [3.63, 3.8) is 0 Å². The van der Waals surface area contributed by atoms with Gasteiger partial charge in [0.25, 0.3) is 0 Å². The summed E-state index contributed by atoms with van der Waals surface area (Å²) in [6, 6.07) is 10.4. The van der Waals surface area contributed by atoms with E-state index in [1.807, 2.05) is 19.1 Å². The van der Waals surface area contributed by atoms with Crippen LogP contribution in [-0.4, -0.2) is 11.5 Å². The van der Waals surface area contributed by atoms with E-state index in [1.165, 1.54) is 12.1 Å². The molecule has 2 rings (SSSR count). The maximum absolute atomic E-state index is 13.0. The zero-order chi connectivity index (χ0) is 13.7. The first-order valence-electron chi connectivity index (χ1n) is 6.04. The van der Waals surface area contributed by atoms with Gasteiger partial charge in [0.2, 0.25) is 0 Å². The molecule has 0 fully saturated rings. The van der Waals surface area contributed by atoms with E-state index in [4.69, 9.17) is 5.26 Å². The van der Waals surface area contributed by atoms with Crippen LogP contribution in [0.1, 0.15) is 16.8 Å². The van der Waals surface area contributed by atoms with Crippen LogP contribution >= 0.6 is 0 Å². The number of benzene rings is 1. The molecular weight excluding hydrogens is 241 g/mol. The summed E-state index contributed by atoms with van der Waals surface area (Å²) < 4.78 is 13.0. The third-order valence-corrected chi connectivity index (χ3v) is 2.93. The first kappa shape index (κ1) is 13.0. The summed E-state index contributed by atoms with van der Waals surface area (Å²) in [5.41, 5.74) is 3.15. The molecule has 0 bridgehead atoms. The Hall–Kier alpha value is -2.41. The van der Waals surface area contributed by atoms with Crippen molar-refractivity contribution in [3.8, 4) is 6.07 Å². The Kier molecular flexibility index (Phi) is 4.09. The molecule has 2 aromatic rings. The fourth-order valence-corrected chi connectivity index (χ4v) is 1.91. The Bertz CT molecular complexity index is 617. The molecule has 0 amide bonds. The molecule has 1 heterocycles. The number of aromatic nitrogens is 1. The van der Waals surface area contributed by atoms with Gasteiger partial charge in [0, 0.05) is 12.7 Å². The SMILES string of the molecule is Cc1cc(F)ccc1CCNc1cccnc1C#N. The average Bonchev–Trinajstić information content (AvgIpc) is 2.42. The Balaban J connectivity index is 1.99. The number of aryl methyl sites for hydroxylation is 1. The molecule has 0 spiro atoms. The van der Waals surface area contributed by atoms with Gasteiger partial charge < -0.3 is 5.32 Å². The third kappa shape index (κ3) is 3.29. The van der Waals surface area contributed by atoms with Crippen LogP contribution in [-0.2, 0) is 6.42 Å². The van der Waals surface area contributed by atoms with Gasteiger partial charge in [-0.05, 0) is 48.7 Å². The van der Waals surface area contributed by atoms with Crippen LogP contribution < -0.4 is 5.32 Å². The number of nitrogens with one attached hydrogen (secondary N) is 1. The van der Waals surface area contributed by atoms with Gasteiger partial charge in [-0.1, -0.05) is 6.07 Å². The molecule has 1 aromatic heterocycles.